The number of ether oxygens (including phenoxy) is 1. The molecule has 3 aromatic rings. The molecule has 0 aliphatic heterocycles. The van der Waals surface area contributed by atoms with Crippen molar-refractivity contribution in [3.05, 3.63) is 70.4 Å². The van der Waals surface area contributed by atoms with Gasteiger partial charge < -0.3 is 27.3 Å². The average molecular weight is 564 g/mol. The number of aromatic nitrogens is 1. The molecule has 0 saturated heterocycles. The number of hydrogen-bond donors (Lipinski definition) is 4. The highest BCUT2D eigenvalue weighted by Crippen LogP contribution is 2.34. The van der Waals surface area contributed by atoms with Crippen LogP contribution in [0.25, 0.3) is 10.9 Å². The molecule has 0 saturated carbocycles. The predicted molar refractivity (Wildman–Crippen MR) is 149 cm³/mol. The van der Waals surface area contributed by atoms with Crippen LogP contribution in [0.15, 0.2) is 64.6 Å². The zero-order valence-electron chi connectivity index (χ0n) is 20.6. The van der Waals surface area contributed by atoms with Crippen LogP contribution in [0.2, 0.25) is 0 Å². The summed E-state index contributed by atoms with van der Waals surface area (Å²) in [5.41, 5.74) is 18.4. The summed E-state index contributed by atoms with van der Waals surface area (Å²) >= 11 is 1.20. The lowest BCUT2D eigenvalue weighted by Gasteiger charge is -2.19. The summed E-state index contributed by atoms with van der Waals surface area (Å²) in [5.74, 6) is -1.16. The number of para-hydroxylation sites is 2. The molecule has 0 aliphatic carbocycles. The predicted octanol–water partition coefficient (Wildman–Crippen LogP) is 2.11. The normalized spacial score (nSPS) is 12.2. The van der Waals surface area contributed by atoms with Gasteiger partial charge in [-0.3, -0.25) is 23.9 Å². The third-order valence-corrected chi connectivity index (χ3v) is 6.58. The molecule has 0 unspecified atom stereocenters. The van der Waals surface area contributed by atoms with Gasteiger partial charge in [0.1, 0.15) is 10.9 Å². The number of esters is 1. The number of nitrogens with one attached hydrogen (secondary N) is 1. The Bertz CT molecular complexity index is 1310. The number of rotatable bonds is 12. The van der Waals surface area contributed by atoms with Crippen molar-refractivity contribution in [2.45, 2.75) is 36.2 Å². The van der Waals surface area contributed by atoms with Gasteiger partial charge in [-0.2, -0.15) is 0 Å². The number of carbonyl (C=O) groups is 2. The zero-order chi connectivity index (χ0) is 26.9. The Morgan fingerprint density at radius 3 is 2.55 bits per heavy atom. The zero-order valence-corrected chi connectivity index (χ0v) is 22.2. The number of nitrogens with zero attached hydrogens (tertiary/aromatic N) is 3. The molecule has 14 heteroatoms. The molecule has 12 nitrogen and oxygen atoms in total. The Morgan fingerprint density at radius 2 is 1.87 bits per heavy atom. The van der Waals surface area contributed by atoms with E-state index >= 15 is 0 Å². The molecule has 204 valence electrons. The Morgan fingerprint density at radius 1 is 1.18 bits per heavy atom. The standard InChI is InChI=1S/C24H29N7O5S.ClH/c1-36-23(33)18(8-6-12-28-24(26)27)29-22(32)17(25)13-15-14-30(19-9-3-2-7-16(15)19)37-21-11-5-4-10-20(21)31(34)35;/h2-5,7,9-11,14,17-18H,6,8,12-13,25H2,1H3,(H,29,32)(H4,26,27,28);1H/t17-,18-;/m0./s1. The fourth-order valence-electron chi connectivity index (χ4n) is 3.75. The third-order valence-electron chi connectivity index (χ3n) is 5.54. The number of benzene rings is 2. The highest BCUT2D eigenvalue weighted by molar-refractivity contribution is 7.98. The lowest BCUT2D eigenvalue weighted by atomic mass is 10.0. The summed E-state index contributed by atoms with van der Waals surface area (Å²) in [6.07, 6.45) is 2.71. The van der Waals surface area contributed by atoms with E-state index in [1.165, 1.54) is 25.1 Å². The summed E-state index contributed by atoms with van der Waals surface area (Å²) < 4.78 is 6.62. The third kappa shape index (κ3) is 7.84. The molecule has 1 aromatic heterocycles. The van der Waals surface area contributed by atoms with E-state index in [4.69, 9.17) is 21.9 Å². The first-order chi connectivity index (χ1) is 17.7. The fraction of sp³-hybridized carbons (Fsp3) is 0.292. The van der Waals surface area contributed by atoms with Crippen LogP contribution in [0.3, 0.4) is 0 Å². The van der Waals surface area contributed by atoms with E-state index in [0.29, 0.717) is 17.9 Å². The van der Waals surface area contributed by atoms with Crippen molar-refractivity contribution >= 4 is 58.8 Å². The summed E-state index contributed by atoms with van der Waals surface area (Å²) in [6.45, 7) is 0.300. The van der Waals surface area contributed by atoms with Gasteiger partial charge in [-0.15, -0.1) is 12.4 Å². The summed E-state index contributed by atoms with van der Waals surface area (Å²) in [6, 6.07) is 12.1. The number of carbonyl (C=O) groups excluding carboxylic acids is 2. The minimum Gasteiger partial charge on any atom is -0.467 e. The molecule has 0 radical (unpaired) electrons. The van der Waals surface area contributed by atoms with E-state index in [2.05, 4.69) is 10.3 Å². The summed E-state index contributed by atoms with van der Waals surface area (Å²) in [7, 11) is 1.24. The van der Waals surface area contributed by atoms with Crippen molar-refractivity contribution in [2.24, 2.45) is 22.2 Å². The van der Waals surface area contributed by atoms with E-state index < -0.39 is 28.9 Å². The lowest BCUT2D eigenvalue weighted by Crippen LogP contribution is -2.49. The van der Waals surface area contributed by atoms with Crippen LogP contribution in [-0.2, 0) is 20.7 Å². The van der Waals surface area contributed by atoms with E-state index in [0.717, 1.165) is 16.5 Å². The Labute approximate surface area is 229 Å². The largest absolute Gasteiger partial charge is 0.467 e. The quantitative estimate of drug-likeness (QED) is 0.0637. The minimum absolute atomic E-state index is 0. The second-order valence-corrected chi connectivity index (χ2v) is 9.17. The first kappa shape index (κ1) is 30.4. The molecule has 2 aromatic carbocycles. The lowest BCUT2D eigenvalue weighted by molar-refractivity contribution is -0.387. The number of methoxy groups -OCH3 is 1. The van der Waals surface area contributed by atoms with Gasteiger partial charge in [0.15, 0.2) is 5.96 Å². The van der Waals surface area contributed by atoms with Crippen molar-refractivity contribution in [1.82, 2.24) is 9.29 Å². The molecule has 7 N–H and O–H groups in total. The van der Waals surface area contributed by atoms with Gasteiger partial charge in [-0.25, -0.2) is 4.79 Å². The molecule has 3 rings (SSSR count). The summed E-state index contributed by atoms with van der Waals surface area (Å²) in [5, 5.41) is 15.0. The molecule has 2 atom stereocenters. The van der Waals surface area contributed by atoms with Gasteiger partial charge in [0.05, 0.1) is 23.6 Å². The number of nitrogens with two attached hydrogens (primary N) is 3. The molecule has 38 heavy (non-hydrogen) atoms. The average Bonchev–Trinajstić information content (AvgIpc) is 3.22. The van der Waals surface area contributed by atoms with Gasteiger partial charge in [0.25, 0.3) is 5.69 Å². The number of nitro benzene ring substituents is 1. The van der Waals surface area contributed by atoms with Crippen LogP contribution >= 0.6 is 24.4 Å². The summed E-state index contributed by atoms with van der Waals surface area (Å²) in [4.78, 5) is 40.4. The van der Waals surface area contributed by atoms with Crippen molar-refractivity contribution < 1.29 is 19.2 Å². The minimum atomic E-state index is -0.958. The van der Waals surface area contributed by atoms with E-state index in [1.54, 1.807) is 18.2 Å². The Hall–Kier alpha value is -3.81. The number of fused-ring (bicyclic) bond motifs is 1. The number of amides is 1. The van der Waals surface area contributed by atoms with Crippen molar-refractivity contribution in [2.75, 3.05) is 13.7 Å². The van der Waals surface area contributed by atoms with Gasteiger partial charge in [0, 0.05) is 24.2 Å². The molecule has 0 aliphatic rings. The second-order valence-electron chi connectivity index (χ2n) is 8.16. The molecular formula is C24H30ClN7O5S. The molecule has 0 fully saturated rings. The first-order valence-electron chi connectivity index (χ1n) is 11.4. The maximum atomic E-state index is 12.9. The monoisotopic (exact) mass is 563 g/mol. The maximum absolute atomic E-state index is 12.9. The van der Waals surface area contributed by atoms with E-state index in [1.807, 2.05) is 34.4 Å². The van der Waals surface area contributed by atoms with Crippen molar-refractivity contribution in [3.63, 3.8) is 0 Å². The Balaban J connectivity index is 0.00000507. The smallest absolute Gasteiger partial charge is 0.328 e. The fourth-order valence-corrected chi connectivity index (χ4v) is 4.78. The second kappa shape index (κ2) is 14.2. The number of nitro groups is 1. The number of halogens is 1. The molecular weight excluding hydrogens is 534 g/mol. The van der Waals surface area contributed by atoms with Crippen LogP contribution in [0.1, 0.15) is 18.4 Å². The number of hydrogen-bond acceptors (Lipinski definition) is 8. The first-order valence-corrected chi connectivity index (χ1v) is 12.2. The van der Waals surface area contributed by atoms with E-state index in [-0.39, 0.29) is 36.9 Å². The van der Waals surface area contributed by atoms with Gasteiger partial charge in [0.2, 0.25) is 5.91 Å². The molecule has 1 amide bonds. The van der Waals surface area contributed by atoms with Crippen LogP contribution in [0.4, 0.5) is 5.69 Å². The molecule has 0 spiro atoms. The van der Waals surface area contributed by atoms with Crippen LogP contribution in [0.5, 0.6) is 0 Å². The SMILES string of the molecule is COC(=O)[C@H](CCCN=C(N)N)NC(=O)[C@@H](N)Cc1cn(Sc2ccccc2[N+](=O)[O-])c2ccccc12.Cl. The highest BCUT2D eigenvalue weighted by Gasteiger charge is 2.25. The topological polar surface area (TPSA) is 194 Å². The van der Waals surface area contributed by atoms with Crippen molar-refractivity contribution in [3.8, 4) is 0 Å². The van der Waals surface area contributed by atoms with Crippen LogP contribution < -0.4 is 22.5 Å². The Kier molecular flexibility index (Phi) is 11.4. The van der Waals surface area contributed by atoms with Gasteiger partial charge >= 0.3 is 5.97 Å². The van der Waals surface area contributed by atoms with Gasteiger partial charge in [-0.05, 0) is 48.9 Å². The van der Waals surface area contributed by atoms with Crippen LogP contribution in [0, 0.1) is 10.1 Å². The number of guanidine groups is 1. The van der Waals surface area contributed by atoms with Gasteiger partial charge in [-0.1, -0.05) is 30.3 Å². The number of aliphatic imine (C=N–C) groups is 1. The highest BCUT2D eigenvalue weighted by atomic mass is 35.5. The van der Waals surface area contributed by atoms with E-state index in [9.17, 15) is 19.7 Å². The molecule has 1 heterocycles. The van der Waals surface area contributed by atoms with Crippen LogP contribution in [-0.4, -0.2) is 52.5 Å². The van der Waals surface area contributed by atoms with Crippen molar-refractivity contribution in [1.29, 1.82) is 0 Å². The molecule has 0 bridgehead atoms. The maximum Gasteiger partial charge on any atom is 0.328 e.